The lowest BCUT2D eigenvalue weighted by Gasteiger charge is -2.31. The van der Waals surface area contributed by atoms with Gasteiger partial charge in [0.2, 0.25) is 0 Å². The zero-order chi connectivity index (χ0) is 39.1. The van der Waals surface area contributed by atoms with Crippen LogP contribution in [0.5, 0.6) is 0 Å². The zero-order valence-electron chi connectivity index (χ0n) is 33.8. The predicted octanol–water partition coefficient (Wildman–Crippen LogP) is 12.3. The molecule has 0 unspecified atom stereocenters. The molecule has 10 rings (SSSR count). The van der Waals surface area contributed by atoms with Crippen LogP contribution in [0.4, 0.5) is 0 Å². The minimum atomic E-state index is -2.83. The molecule has 0 N–H and O–H groups in total. The molecule has 0 radical (unpaired) electrons. The summed E-state index contributed by atoms with van der Waals surface area (Å²) in [6.45, 7) is 14.1. The van der Waals surface area contributed by atoms with Gasteiger partial charge < -0.3 is 0 Å². The van der Waals surface area contributed by atoms with Crippen molar-refractivity contribution in [1.29, 1.82) is 0 Å². The monoisotopic (exact) mass is 748 g/mol. The van der Waals surface area contributed by atoms with Crippen molar-refractivity contribution < 1.29 is 0 Å². The first-order valence-electron chi connectivity index (χ1n) is 20.4. The van der Waals surface area contributed by atoms with Crippen molar-refractivity contribution >= 4 is 28.8 Å². The normalized spacial score (nSPS) is 13.6. The lowest BCUT2D eigenvalue weighted by atomic mass is 9.86. The van der Waals surface area contributed by atoms with Crippen molar-refractivity contribution in [2.75, 3.05) is 0 Å². The lowest BCUT2D eigenvalue weighted by Crippen LogP contribution is -2.71. The van der Waals surface area contributed by atoms with Crippen LogP contribution in [0, 0.1) is 0 Å². The van der Waals surface area contributed by atoms with Crippen LogP contribution in [-0.4, -0.2) is 8.07 Å². The van der Waals surface area contributed by atoms with Crippen LogP contribution >= 0.6 is 0 Å². The average Bonchev–Trinajstić information content (AvgIpc) is 3.69. The molecule has 0 amide bonds. The predicted molar refractivity (Wildman–Crippen MR) is 247 cm³/mol. The largest absolute Gasteiger partial charge is 0.182 e. The summed E-state index contributed by atoms with van der Waals surface area (Å²) in [4.78, 5) is 0. The van der Waals surface area contributed by atoms with Gasteiger partial charge in [-0.2, -0.15) is 0 Å². The Kier molecular flexibility index (Phi) is 8.08. The van der Waals surface area contributed by atoms with E-state index < -0.39 is 8.07 Å². The maximum atomic E-state index is 2.61. The Morgan fingerprint density at radius 2 is 0.526 bits per heavy atom. The van der Waals surface area contributed by atoms with E-state index in [0.717, 1.165) is 0 Å². The smallest absolute Gasteiger partial charge is 0.0622 e. The summed E-state index contributed by atoms with van der Waals surface area (Å²) in [6.07, 6.45) is 0. The molecular weight excluding hydrogens is 701 g/mol. The highest BCUT2D eigenvalue weighted by molar-refractivity contribution is 7.24. The van der Waals surface area contributed by atoms with E-state index in [1.807, 2.05) is 0 Å². The Morgan fingerprint density at radius 1 is 0.263 bits per heavy atom. The van der Waals surface area contributed by atoms with E-state index >= 15 is 0 Å². The molecule has 0 bridgehead atoms. The highest BCUT2D eigenvalue weighted by atomic mass is 28.3. The van der Waals surface area contributed by atoms with Gasteiger partial charge in [-0.15, -0.1) is 0 Å². The van der Waals surface area contributed by atoms with Crippen molar-refractivity contribution in [3.05, 3.63) is 193 Å². The van der Waals surface area contributed by atoms with Gasteiger partial charge in [0, 0.05) is 0 Å². The highest BCUT2D eigenvalue weighted by Gasteiger charge is 2.54. The molecule has 8 aromatic carbocycles. The molecule has 276 valence electrons. The molecule has 0 aliphatic carbocycles. The Bertz CT molecular complexity index is 2610. The second kappa shape index (κ2) is 13.0. The molecule has 57 heavy (non-hydrogen) atoms. The first-order chi connectivity index (χ1) is 27.5. The summed E-state index contributed by atoms with van der Waals surface area (Å²) in [5.74, 6) is 0. The number of rotatable bonds is 4. The van der Waals surface area contributed by atoms with Crippen molar-refractivity contribution in [2.45, 2.75) is 52.4 Å². The molecule has 8 aromatic rings. The quantitative estimate of drug-likeness (QED) is 0.157. The Morgan fingerprint density at radius 3 is 0.860 bits per heavy atom. The molecule has 1 heteroatoms. The van der Waals surface area contributed by atoms with Crippen LogP contribution in [0.3, 0.4) is 0 Å². The molecule has 0 saturated carbocycles. The van der Waals surface area contributed by atoms with Gasteiger partial charge in [-0.25, -0.2) is 0 Å². The summed E-state index contributed by atoms with van der Waals surface area (Å²) in [5.41, 5.74) is 18.4. The van der Waals surface area contributed by atoms with Crippen molar-refractivity contribution in [2.24, 2.45) is 0 Å². The summed E-state index contributed by atoms with van der Waals surface area (Å²) < 4.78 is 0. The Balaban J connectivity index is 1.22. The minimum absolute atomic E-state index is 0.0188. The van der Waals surface area contributed by atoms with Crippen LogP contribution < -0.4 is 20.7 Å². The van der Waals surface area contributed by atoms with Gasteiger partial charge in [-0.1, -0.05) is 224 Å². The first-order valence-corrected chi connectivity index (χ1v) is 22.4. The number of hydrogen-bond donors (Lipinski definition) is 0. The third-order valence-corrected chi connectivity index (χ3v) is 17.5. The summed E-state index contributed by atoms with van der Waals surface area (Å²) >= 11 is 0. The fraction of sp³-hybridized carbons (Fsp3) is 0.143. The summed E-state index contributed by atoms with van der Waals surface area (Å²) in [7, 11) is -2.83. The van der Waals surface area contributed by atoms with Crippen molar-refractivity contribution in [1.82, 2.24) is 0 Å². The summed E-state index contributed by atoms with van der Waals surface area (Å²) in [6, 6.07) is 69.4. The van der Waals surface area contributed by atoms with Crippen LogP contribution in [-0.2, 0) is 10.8 Å². The third-order valence-electron chi connectivity index (χ3n) is 12.7. The number of fused-ring (bicyclic) bond motifs is 10. The standard InChI is InChI=1S/C56H48Si/c1-55(2,3)45-27-31-49-47-29-25-43(41-21-17-39(18-22-41)37-13-9-7-10-14-37)33-51(47)57(53(49)35-45)52-34-44(42-23-19-40(20-24-42)38-15-11-8-12-16-38)26-30-48(52)50-32-28-46(36-54(50)57)56(4,5)6/h7-36H,1-6H3. The minimum Gasteiger partial charge on any atom is -0.0622 e. The second-order valence-electron chi connectivity index (χ2n) is 18.2. The van der Waals surface area contributed by atoms with Crippen LogP contribution in [0.2, 0.25) is 0 Å². The van der Waals surface area contributed by atoms with Crippen LogP contribution in [0.15, 0.2) is 182 Å². The van der Waals surface area contributed by atoms with E-state index in [1.54, 1.807) is 0 Å². The van der Waals surface area contributed by atoms with E-state index in [2.05, 4.69) is 224 Å². The Labute approximate surface area is 339 Å². The summed E-state index contributed by atoms with van der Waals surface area (Å²) in [5, 5.41) is 6.08. The van der Waals surface area contributed by atoms with Crippen molar-refractivity contribution in [3.8, 4) is 66.8 Å². The maximum Gasteiger partial charge on any atom is 0.182 e. The van der Waals surface area contributed by atoms with Gasteiger partial charge in [0.1, 0.15) is 0 Å². The van der Waals surface area contributed by atoms with Gasteiger partial charge in [-0.3, -0.25) is 0 Å². The van der Waals surface area contributed by atoms with E-state index in [4.69, 9.17) is 0 Å². The Hall–Kier alpha value is -6.02. The topological polar surface area (TPSA) is 0 Å². The zero-order valence-corrected chi connectivity index (χ0v) is 34.8. The molecule has 0 atom stereocenters. The second-order valence-corrected chi connectivity index (χ2v) is 21.8. The van der Waals surface area contributed by atoms with Gasteiger partial charge in [-0.05, 0) is 109 Å². The third kappa shape index (κ3) is 5.71. The molecule has 2 heterocycles. The van der Waals surface area contributed by atoms with Crippen molar-refractivity contribution in [3.63, 3.8) is 0 Å². The molecule has 0 nitrogen and oxygen atoms in total. The fourth-order valence-electron chi connectivity index (χ4n) is 9.49. The van der Waals surface area contributed by atoms with E-state index in [0.29, 0.717) is 0 Å². The van der Waals surface area contributed by atoms with Gasteiger partial charge in [0.15, 0.2) is 8.07 Å². The molecule has 0 saturated heterocycles. The van der Waals surface area contributed by atoms with Crippen LogP contribution in [0.1, 0.15) is 52.7 Å². The first kappa shape index (κ1) is 35.4. The van der Waals surface area contributed by atoms with E-state index in [1.165, 1.54) is 98.6 Å². The van der Waals surface area contributed by atoms with E-state index in [-0.39, 0.29) is 10.8 Å². The molecule has 2 aliphatic rings. The molecular formula is C56H48Si. The van der Waals surface area contributed by atoms with Crippen LogP contribution in [0.25, 0.3) is 66.8 Å². The number of benzene rings is 8. The highest BCUT2D eigenvalue weighted by Crippen LogP contribution is 2.41. The lowest BCUT2D eigenvalue weighted by molar-refractivity contribution is 0.590. The molecule has 0 aromatic heterocycles. The molecule has 0 fully saturated rings. The van der Waals surface area contributed by atoms with E-state index in [9.17, 15) is 0 Å². The SMILES string of the molecule is CC(C)(C)c1ccc2c(c1)[Si]1(c3cc(-c4ccc(-c5ccccc5)cc4)ccc3-2)c2cc(-c3ccc(-c4ccccc4)cc3)ccc2-c2ccc(C(C)(C)C)cc21. The molecule has 2 aliphatic heterocycles. The van der Waals surface area contributed by atoms with Gasteiger partial charge in [0.25, 0.3) is 0 Å². The maximum absolute atomic E-state index is 2.83. The van der Waals surface area contributed by atoms with Gasteiger partial charge in [0.05, 0.1) is 0 Å². The number of hydrogen-bond acceptors (Lipinski definition) is 0. The fourth-order valence-corrected chi connectivity index (χ4v) is 15.2. The molecule has 1 spiro atoms. The average molecular weight is 749 g/mol. The van der Waals surface area contributed by atoms with Gasteiger partial charge >= 0.3 is 0 Å².